The molecule has 2 aromatic rings. The third kappa shape index (κ3) is 3.94. The fraction of sp³-hybridized carbons (Fsp3) is 0.350. The van der Waals surface area contributed by atoms with Crippen LogP contribution in [-0.4, -0.2) is 49.1 Å². The number of piperazine rings is 1. The van der Waals surface area contributed by atoms with Crippen LogP contribution in [0.25, 0.3) is 0 Å². The first-order valence-corrected chi connectivity index (χ1v) is 8.59. The van der Waals surface area contributed by atoms with Crippen LogP contribution in [0.15, 0.2) is 36.4 Å². The number of aryl methyl sites for hydroxylation is 2. The summed E-state index contributed by atoms with van der Waals surface area (Å²) in [4.78, 5) is 17.1. The minimum atomic E-state index is -0.298. The van der Waals surface area contributed by atoms with Gasteiger partial charge in [-0.2, -0.15) is 0 Å². The van der Waals surface area contributed by atoms with E-state index in [-0.39, 0.29) is 11.7 Å². The molecule has 0 unspecified atom stereocenters. The second-order valence-corrected chi connectivity index (χ2v) is 6.77. The van der Waals surface area contributed by atoms with Crippen molar-refractivity contribution in [1.29, 1.82) is 0 Å². The van der Waals surface area contributed by atoms with Gasteiger partial charge in [0.15, 0.2) is 0 Å². The summed E-state index contributed by atoms with van der Waals surface area (Å²) in [6.45, 7) is 8.11. The zero-order valence-corrected chi connectivity index (χ0v) is 15.0. The van der Waals surface area contributed by atoms with Crippen LogP contribution in [0.3, 0.4) is 0 Å². The Morgan fingerprint density at radius 3 is 2.44 bits per heavy atom. The third-order valence-corrected chi connectivity index (χ3v) is 4.70. The van der Waals surface area contributed by atoms with Crippen molar-refractivity contribution in [2.75, 3.05) is 43.4 Å². The Bertz CT molecular complexity index is 781. The Kier molecular flexibility index (Phi) is 4.95. The van der Waals surface area contributed by atoms with Crippen molar-refractivity contribution in [2.24, 2.45) is 0 Å². The van der Waals surface area contributed by atoms with Crippen LogP contribution >= 0.6 is 0 Å². The van der Waals surface area contributed by atoms with E-state index in [1.165, 1.54) is 5.69 Å². The standard InChI is InChI=1S/C20H25N3O2/c1-14-4-7-19(24)17(12-14)20(25)21-16-5-6-18(15(2)13-16)23-10-8-22(3)9-11-23/h4-7,12-13,24H,8-11H2,1-3H3,(H,21,25). The van der Waals surface area contributed by atoms with Gasteiger partial charge < -0.3 is 20.2 Å². The minimum absolute atomic E-state index is 0.00567. The third-order valence-electron chi connectivity index (χ3n) is 4.70. The van der Waals surface area contributed by atoms with Crippen LogP contribution in [0.2, 0.25) is 0 Å². The number of amides is 1. The SMILES string of the molecule is Cc1ccc(O)c(C(=O)Nc2ccc(N3CCN(C)CC3)c(C)c2)c1. The lowest BCUT2D eigenvalue weighted by molar-refractivity contribution is 0.102. The van der Waals surface area contributed by atoms with E-state index in [0.717, 1.165) is 43.0 Å². The van der Waals surface area contributed by atoms with Crippen LogP contribution in [0.4, 0.5) is 11.4 Å². The molecule has 0 bridgehead atoms. The Morgan fingerprint density at radius 1 is 1.04 bits per heavy atom. The number of anilines is 2. The summed E-state index contributed by atoms with van der Waals surface area (Å²) in [5.74, 6) is -0.304. The molecule has 1 aliphatic rings. The highest BCUT2D eigenvalue weighted by atomic mass is 16.3. The van der Waals surface area contributed by atoms with E-state index in [2.05, 4.69) is 35.2 Å². The number of nitrogens with zero attached hydrogens (tertiary/aromatic N) is 2. The van der Waals surface area contributed by atoms with E-state index < -0.39 is 0 Å². The number of hydrogen-bond acceptors (Lipinski definition) is 4. The minimum Gasteiger partial charge on any atom is -0.507 e. The van der Waals surface area contributed by atoms with Gasteiger partial charge in [0.2, 0.25) is 0 Å². The Morgan fingerprint density at radius 2 is 1.76 bits per heavy atom. The van der Waals surface area contributed by atoms with Crippen molar-refractivity contribution in [3.05, 3.63) is 53.1 Å². The summed E-state index contributed by atoms with van der Waals surface area (Å²) in [5.41, 5.74) is 4.31. The van der Waals surface area contributed by atoms with Crippen LogP contribution in [-0.2, 0) is 0 Å². The molecule has 1 heterocycles. The number of likely N-dealkylation sites (N-methyl/N-ethyl adjacent to an activating group) is 1. The number of benzene rings is 2. The molecule has 1 amide bonds. The maximum atomic E-state index is 12.4. The number of carbonyl (C=O) groups excluding carboxylic acids is 1. The normalized spacial score (nSPS) is 15.2. The van der Waals surface area contributed by atoms with Crippen molar-refractivity contribution >= 4 is 17.3 Å². The van der Waals surface area contributed by atoms with Crippen LogP contribution < -0.4 is 10.2 Å². The summed E-state index contributed by atoms with van der Waals surface area (Å²) in [6, 6.07) is 11.0. The van der Waals surface area contributed by atoms with Gasteiger partial charge in [0.25, 0.3) is 5.91 Å². The molecular formula is C20H25N3O2. The van der Waals surface area contributed by atoms with Gasteiger partial charge in [-0.25, -0.2) is 0 Å². The molecule has 5 nitrogen and oxygen atoms in total. The molecule has 0 spiro atoms. The number of phenolic OH excluding ortho intramolecular Hbond substituents is 1. The molecule has 25 heavy (non-hydrogen) atoms. The number of phenols is 1. The maximum Gasteiger partial charge on any atom is 0.259 e. The molecule has 0 saturated carbocycles. The summed E-state index contributed by atoms with van der Waals surface area (Å²) in [7, 11) is 2.14. The van der Waals surface area contributed by atoms with Crippen molar-refractivity contribution in [3.63, 3.8) is 0 Å². The lowest BCUT2D eigenvalue weighted by Crippen LogP contribution is -2.44. The quantitative estimate of drug-likeness (QED) is 0.903. The van der Waals surface area contributed by atoms with Gasteiger partial charge in [-0.15, -0.1) is 0 Å². The first kappa shape index (κ1) is 17.3. The molecule has 1 aliphatic heterocycles. The molecule has 5 heteroatoms. The van der Waals surface area contributed by atoms with Gasteiger partial charge in [0.05, 0.1) is 5.56 Å². The van der Waals surface area contributed by atoms with Crippen LogP contribution in [0, 0.1) is 13.8 Å². The number of nitrogens with one attached hydrogen (secondary N) is 1. The zero-order valence-electron chi connectivity index (χ0n) is 15.0. The fourth-order valence-electron chi connectivity index (χ4n) is 3.17. The van der Waals surface area contributed by atoms with E-state index in [9.17, 15) is 9.90 Å². The Balaban J connectivity index is 1.74. The molecule has 0 radical (unpaired) electrons. The van der Waals surface area contributed by atoms with Crippen molar-refractivity contribution in [3.8, 4) is 5.75 Å². The molecule has 2 aromatic carbocycles. The van der Waals surface area contributed by atoms with Crippen molar-refractivity contribution in [1.82, 2.24) is 4.90 Å². The number of aromatic hydroxyl groups is 1. The van der Waals surface area contributed by atoms with Crippen molar-refractivity contribution < 1.29 is 9.90 Å². The van der Waals surface area contributed by atoms with E-state index in [4.69, 9.17) is 0 Å². The van der Waals surface area contributed by atoms with Gasteiger partial charge in [0.1, 0.15) is 5.75 Å². The molecule has 0 atom stereocenters. The van der Waals surface area contributed by atoms with Gasteiger partial charge in [-0.05, 0) is 56.8 Å². The van der Waals surface area contributed by atoms with Gasteiger partial charge >= 0.3 is 0 Å². The molecular weight excluding hydrogens is 314 g/mol. The molecule has 0 aromatic heterocycles. The zero-order chi connectivity index (χ0) is 18.0. The molecule has 2 N–H and O–H groups in total. The number of rotatable bonds is 3. The Labute approximate surface area is 148 Å². The highest BCUT2D eigenvalue weighted by Gasteiger charge is 2.17. The summed E-state index contributed by atoms with van der Waals surface area (Å²) < 4.78 is 0. The van der Waals surface area contributed by atoms with E-state index in [0.29, 0.717) is 5.56 Å². The monoisotopic (exact) mass is 339 g/mol. The largest absolute Gasteiger partial charge is 0.507 e. The first-order chi connectivity index (χ1) is 11.9. The first-order valence-electron chi connectivity index (χ1n) is 8.59. The number of hydrogen-bond donors (Lipinski definition) is 2. The molecule has 3 rings (SSSR count). The summed E-state index contributed by atoms with van der Waals surface area (Å²) in [6.07, 6.45) is 0. The van der Waals surface area contributed by atoms with Gasteiger partial charge in [0, 0.05) is 37.6 Å². The fourth-order valence-corrected chi connectivity index (χ4v) is 3.17. The number of carbonyl (C=O) groups is 1. The lowest BCUT2D eigenvalue weighted by Gasteiger charge is -2.35. The average Bonchev–Trinajstić information content (AvgIpc) is 2.58. The van der Waals surface area contributed by atoms with E-state index in [1.54, 1.807) is 18.2 Å². The topological polar surface area (TPSA) is 55.8 Å². The predicted octanol–water partition coefficient (Wildman–Crippen LogP) is 3.01. The lowest BCUT2D eigenvalue weighted by atomic mass is 10.1. The maximum absolute atomic E-state index is 12.4. The van der Waals surface area contributed by atoms with Gasteiger partial charge in [-0.3, -0.25) is 4.79 Å². The summed E-state index contributed by atoms with van der Waals surface area (Å²) >= 11 is 0. The van der Waals surface area contributed by atoms with E-state index >= 15 is 0 Å². The smallest absolute Gasteiger partial charge is 0.259 e. The van der Waals surface area contributed by atoms with E-state index in [1.807, 2.05) is 19.1 Å². The van der Waals surface area contributed by atoms with Crippen molar-refractivity contribution in [2.45, 2.75) is 13.8 Å². The second-order valence-electron chi connectivity index (χ2n) is 6.77. The Hall–Kier alpha value is -2.53. The second kappa shape index (κ2) is 7.15. The molecule has 132 valence electrons. The van der Waals surface area contributed by atoms with Gasteiger partial charge in [-0.1, -0.05) is 11.6 Å². The average molecular weight is 339 g/mol. The molecule has 0 aliphatic carbocycles. The predicted molar refractivity (Wildman–Crippen MR) is 102 cm³/mol. The highest BCUT2D eigenvalue weighted by Crippen LogP contribution is 2.26. The van der Waals surface area contributed by atoms with Crippen LogP contribution in [0.5, 0.6) is 5.75 Å². The summed E-state index contributed by atoms with van der Waals surface area (Å²) in [5, 5.41) is 12.8. The highest BCUT2D eigenvalue weighted by molar-refractivity contribution is 6.06. The van der Waals surface area contributed by atoms with Crippen LogP contribution in [0.1, 0.15) is 21.5 Å². The molecule has 1 saturated heterocycles. The molecule has 1 fully saturated rings.